The van der Waals surface area contributed by atoms with Crippen LogP contribution in [0.4, 0.5) is 0 Å². The summed E-state index contributed by atoms with van der Waals surface area (Å²) in [5, 5.41) is 8.69. The summed E-state index contributed by atoms with van der Waals surface area (Å²) in [6.07, 6.45) is 1.13. The molecule has 0 saturated heterocycles. The highest BCUT2D eigenvalue weighted by Crippen LogP contribution is 2.26. The molecule has 1 aromatic heterocycles. The number of rotatable bonds is 8. The minimum Gasteiger partial charge on any atom is -0.497 e. The van der Waals surface area contributed by atoms with Gasteiger partial charge in [0, 0.05) is 6.54 Å². The molecule has 2 aromatic carbocycles. The number of methoxy groups -OCH3 is 1. The summed E-state index contributed by atoms with van der Waals surface area (Å²) in [5.41, 5.74) is 1.60. The van der Waals surface area contributed by atoms with Crippen LogP contribution in [-0.4, -0.2) is 34.7 Å². The number of carbonyl (C=O) groups is 1. The minimum atomic E-state index is 0.00418. The lowest BCUT2D eigenvalue weighted by atomic mass is 10.1. The van der Waals surface area contributed by atoms with Crippen molar-refractivity contribution in [2.75, 3.05) is 13.7 Å². The third-order valence-corrected chi connectivity index (χ3v) is 4.59. The van der Waals surface area contributed by atoms with E-state index in [1.807, 2.05) is 49.4 Å². The van der Waals surface area contributed by atoms with E-state index in [0.29, 0.717) is 35.3 Å². The van der Waals surface area contributed by atoms with E-state index in [4.69, 9.17) is 20.8 Å². The molecule has 0 spiro atoms. The molecular weight excluding hydrogens is 378 g/mol. The molecule has 3 rings (SSSR count). The van der Waals surface area contributed by atoms with Crippen LogP contribution in [0.3, 0.4) is 0 Å². The summed E-state index contributed by atoms with van der Waals surface area (Å²) in [4.78, 5) is 14.5. The van der Waals surface area contributed by atoms with Gasteiger partial charge in [0.25, 0.3) is 0 Å². The minimum absolute atomic E-state index is 0.00418. The second-order valence-electron chi connectivity index (χ2n) is 6.32. The molecule has 0 saturated carbocycles. The highest BCUT2D eigenvalue weighted by Gasteiger charge is 2.18. The van der Waals surface area contributed by atoms with Crippen LogP contribution >= 0.6 is 11.6 Å². The number of carbonyl (C=O) groups excluding carboxylic acids is 1. The first-order chi connectivity index (χ1) is 13.6. The highest BCUT2D eigenvalue weighted by atomic mass is 35.5. The van der Waals surface area contributed by atoms with E-state index < -0.39 is 0 Å². The lowest BCUT2D eigenvalue weighted by molar-refractivity contribution is -0.131. The summed E-state index contributed by atoms with van der Waals surface area (Å²) in [5.74, 6) is 1.50. The van der Waals surface area contributed by atoms with Crippen molar-refractivity contribution in [2.24, 2.45) is 0 Å². The van der Waals surface area contributed by atoms with E-state index >= 15 is 0 Å². The quantitative estimate of drug-likeness (QED) is 0.562. The van der Waals surface area contributed by atoms with E-state index in [9.17, 15) is 4.79 Å². The third kappa shape index (κ3) is 4.89. The van der Waals surface area contributed by atoms with Gasteiger partial charge in [0.1, 0.15) is 5.75 Å². The predicted octanol–water partition coefficient (Wildman–Crippen LogP) is 4.38. The molecule has 0 N–H and O–H groups in total. The molecule has 0 radical (unpaired) electrons. The molecule has 6 nitrogen and oxygen atoms in total. The van der Waals surface area contributed by atoms with Gasteiger partial charge in [0.05, 0.1) is 30.7 Å². The van der Waals surface area contributed by atoms with E-state index in [2.05, 4.69) is 10.2 Å². The Kier molecular flexibility index (Phi) is 6.66. The fourth-order valence-corrected chi connectivity index (χ4v) is 3.03. The Morgan fingerprint density at radius 1 is 1.14 bits per heavy atom. The molecule has 1 heterocycles. The van der Waals surface area contributed by atoms with Crippen molar-refractivity contribution in [3.63, 3.8) is 0 Å². The molecule has 28 heavy (non-hydrogen) atoms. The van der Waals surface area contributed by atoms with Gasteiger partial charge in [-0.1, -0.05) is 42.8 Å². The van der Waals surface area contributed by atoms with E-state index in [1.54, 1.807) is 18.1 Å². The van der Waals surface area contributed by atoms with Gasteiger partial charge in [0.15, 0.2) is 0 Å². The molecule has 146 valence electrons. The van der Waals surface area contributed by atoms with Crippen LogP contribution in [0.2, 0.25) is 5.02 Å². The van der Waals surface area contributed by atoms with Crippen LogP contribution in [0, 0.1) is 0 Å². The van der Waals surface area contributed by atoms with Crippen molar-refractivity contribution in [2.45, 2.75) is 26.3 Å². The zero-order valence-corrected chi connectivity index (χ0v) is 16.6. The van der Waals surface area contributed by atoms with Crippen molar-refractivity contribution in [1.29, 1.82) is 0 Å². The second-order valence-corrected chi connectivity index (χ2v) is 6.73. The standard InChI is InChI=1S/C21H22ClN3O3/c1-3-12-25(20(26)13-15-8-10-16(27-2)11-9-15)14-19-23-24-21(28-19)17-6-4-5-7-18(17)22/h4-11H,3,12-14H2,1-2H3. The Morgan fingerprint density at radius 3 is 2.57 bits per heavy atom. The van der Waals surface area contributed by atoms with Crippen LogP contribution in [-0.2, 0) is 17.8 Å². The highest BCUT2D eigenvalue weighted by molar-refractivity contribution is 6.33. The Hall–Kier alpha value is -2.86. The topological polar surface area (TPSA) is 68.5 Å². The lowest BCUT2D eigenvalue weighted by Gasteiger charge is -2.20. The molecule has 0 aliphatic carbocycles. The fraction of sp³-hybridized carbons (Fsp3) is 0.286. The smallest absolute Gasteiger partial charge is 0.249 e. The van der Waals surface area contributed by atoms with Crippen LogP contribution in [0.15, 0.2) is 52.9 Å². The lowest BCUT2D eigenvalue weighted by Crippen LogP contribution is -2.32. The molecule has 0 fully saturated rings. The average molecular weight is 400 g/mol. The van der Waals surface area contributed by atoms with Crippen molar-refractivity contribution in [1.82, 2.24) is 15.1 Å². The summed E-state index contributed by atoms with van der Waals surface area (Å²) >= 11 is 6.18. The Bertz CT molecular complexity index is 925. The number of amides is 1. The number of nitrogens with zero attached hydrogens (tertiary/aromatic N) is 3. The van der Waals surface area contributed by atoms with E-state index in [1.165, 1.54) is 0 Å². The largest absolute Gasteiger partial charge is 0.497 e. The Balaban J connectivity index is 1.70. The molecule has 1 amide bonds. The van der Waals surface area contributed by atoms with Gasteiger partial charge < -0.3 is 14.1 Å². The maximum Gasteiger partial charge on any atom is 0.249 e. The Labute approximate surface area is 169 Å². The summed E-state index contributed by atoms with van der Waals surface area (Å²) < 4.78 is 10.9. The number of aromatic nitrogens is 2. The van der Waals surface area contributed by atoms with Gasteiger partial charge in [-0.25, -0.2) is 0 Å². The SMILES string of the molecule is CCCN(Cc1nnc(-c2ccccc2Cl)o1)C(=O)Cc1ccc(OC)cc1. The molecule has 0 bridgehead atoms. The van der Waals surface area contributed by atoms with Crippen LogP contribution in [0.5, 0.6) is 5.75 Å². The zero-order chi connectivity index (χ0) is 19.9. The number of halogens is 1. The second kappa shape index (κ2) is 9.37. The summed E-state index contributed by atoms with van der Waals surface area (Å²) in [7, 11) is 1.62. The van der Waals surface area contributed by atoms with Crippen LogP contribution in [0.1, 0.15) is 24.8 Å². The van der Waals surface area contributed by atoms with E-state index in [-0.39, 0.29) is 12.5 Å². The van der Waals surface area contributed by atoms with Gasteiger partial charge in [0.2, 0.25) is 17.7 Å². The molecule has 3 aromatic rings. The maximum atomic E-state index is 12.8. The predicted molar refractivity (Wildman–Crippen MR) is 107 cm³/mol. The monoisotopic (exact) mass is 399 g/mol. The first-order valence-corrected chi connectivity index (χ1v) is 9.46. The molecular formula is C21H22ClN3O3. The normalized spacial score (nSPS) is 10.7. The van der Waals surface area contributed by atoms with Gasteiger partial charge in [-0.3, -0.25) is 4.79 Å². The van der Waals surface area contributed by atoms with Crippen molar-refractivity contribution < 1.29 is 13.9 Å². The van der Waals surface area contributed by atoms with Crippen molar-refractivity contribution in [3.8, 4) is 17.2 Å². The van der Waals surface area contributed by atoms with Gasteiger partial charge in [-0.15, -0.1) is 10.2 Å². The van der Waals surface area contributed by atoms with Crippen LogP contribution < -0.4 is 4.74 Å². The van der Waals surface area contributed by atoms with Crippen LogP contribution in [0.25, 0.3) is 11.5 Å². The third-order valence-electron chi connectivity index (χ3n) is 4.26. The number of hydrogen-bond donors (Lipinski definition) is 0. The Morgan fingerprint density at radius 2 is 1.89 bits per heavy atom. The number of hydrogen-bond acceptors (Lipinski definition) is 5. The number of ether oxygens (including phenoxy) is 1. The van der Waals surface area contributed by atoms with Gasteiger partial charge in [-0.05, 0) is 36.2 Å². The van der Waals surface area contributed by atoms with Crippen molar-refractivity contribution >= 4 is 17.5 Å². The van der Waals surface area contributed by atoms with Gasteiger partial charge in [-0.2, -0.15) is 0 Å². The average Bonchev–Trinajstić information content (AvgIpc) is 3.17. The molecule has 0 aliphatic heterocycles. The number of benzene rings is 2. The maximum absolute atomic E-state index is 12.8. The molecule has 7 heteroatoms. The van der Waals surface area contributed by atoms with E-state index in [0.717, 1.165) is 17.7 Å². The van der Waals surface area contributed by atoms with Crippen molar-refractivity contribution in [3.05, 3.63) is 65.0 Å². The zero-order valence-electron chi connectivity index (χ0n) is 15.9. The first kappa shape index (κ1) is 19.9. The first-order valence-electron chi connectivity index (χ1n) is 9.08. The molecule has 0 atom stereocenters. The fourth-order valence-electron chi connectivity index (χ4n) is 2.82. The van der Waals surface area contributed by atoms with Gasteiger partial charge >= 0.3 is 0 Å². The molecule has 0 unspecified atom stereocenters. The summed E-state index contributed by atoms with van der Waals surface area (Å²) in [6, 6.07) is 14.8. The molecule has 0 aliphatic rings. The summed E-state index contributed by atoms with van der Waals surface area (Å²) in [6.45, 7) is 2.90.